The Morgan fingerprint density at radius 1 is 0.660 bits per heavy atom. The van der Waals surface area contributed by atoms with Gasteiger partial charge in [-0.1, -0.05) is 137 Å². The molecule has 2 aromatic carbocycles. The number of unbranched alkanes of at least 4 members (excludes halogenated alkanes) is 8. The lowest BCUT2D eigenvalue weighted by Gasteiger charge is -2.00. The maximum atomic E-state index is 6.16. The van der Waals surface area contributed by atoms with Crippen molar-refractivity contribution in [1.82, 2.24) is 14.1 Å². The molecule has 47 heavy (non-hydrogen) atoms. The van der Waals surface area contributed by atoms with Crippen LogP contribution < -0.4 is 4.57 Å². The first-order chi connectivity index (χ1) is 23.1. The second-order valence-corrected chi connectivity index (χ2v) is 12.8. The van der Waals surface area contributed by atoms with Crippen LogP contribution in [0, 0.1) is 0 Å². The Bertz CT molecular complexity index is 1360. The van der Waals surface area contributed by atoms with Crippen LogP contribution >= 0.6 is 34.8 Å². The van der Waals surface area contributed by atoms with Crippen molar-refractivity contribution in [2.75, 3.05) is 5.88 Å². The molecule has 0 saturated heterocycles. The predicted octanol–water partition coefficient (Wildman–Crippen LogP) is 11.7. The summed E-state index contributed by atoms with van der Waals surface area (Å²) in [5.74, 6) is 0.560. The molecule has 7 heteroatoms. The summed E-state index contributed by atoms with van der Waals surface area (Å²) in [5, 5.41) is 1.66. The molecule has 0 aliphatic carbocycles. The van der Waals surface area contributed by atoms with Gasteiger partial charge in [0, 0.05) is 34.9 Å². The quantitative estimate of drug-likeness (QED) is 0.0414. The fourth-order valence-corrected chi connectivity index (χ4v) is 5.45. The molecule has 2 heterocycles. The topological polar surface area (TPSA) is 26.6 Å². The van der Waals surface area contributed by atoms with Gasteiger partial charge in [0.1, 0.15) is 18.9 Å². The summed E-state index contributed by atoms with van der Waals surface area (Å²) in [6.45, 7) is 7.67. The molecule has 0 radical (unpaired) electrons. The molecular weight excluding hydrogens is 643 g/mol. The fraction of sp³-hybridized carbons (Fsp3) is 0.450. The molecular formula is C40H56Cl3N4+. The van der Waals surface area contributed by atoms with Crippen molar-refractivity contribution in [2.24, 2.45) is 0 Å². The average molecular weight is 699 g/mol. The van der Waals surface area contributed by atoms with E-state index in [0.29, 0.717) is 5.88 Å². The van der Waals surface area contributed by atoms with Gasteiger partial charge in [-0.2, -0.15) is 0 Å². The number of allylic oxidation sites excluding steroid dienone is 4. The normalized spacial score (nSPS) is 11.0. The number of halogens is 3. The largest absolute Gasteiger partial charge is 0.337 e. The molecule has 0 amide bonds. The van der Waals surface area contributed by atoms with E-state index >= 15 is 0 Å². The highest BCUT2D eigenvalue weighted by Crippen LogP contribution is 2.16. The Kier molecular flexibility index (Phi) is 23.4. The fourth-order valence-electron chi connectivity index (χ4n) is 4.90. The SMILES string of the molecule is CCCCCCCn1cc[n+](C/C=C/Cc2ccccc2Cl)c1.CCCCCCCn1ccnc1.ClC/C=C/Cc1ccccc1Cl. The van der Waals surface area contributed by atoms with Crippen LogP contribution in [0.25, 0.3) is 0 Å². The standard InChI is InChI=1S/C20H28ClN2.C10H10Cl2.C10H18N2/c1-2-3-4-5-9-14-22-16-17-23(18-22)15-10-8-12-19-11-6-7-13-20(19)21;11-8-4-3-6-9-5-1-2-7-10(9)12;1-2-3-4-5-6-8-12-9-7-11-10-12/h6-8,10-11,13,16-18H,2-5,9,12,14-15H2,1H3;1-5,7H,6,8H2;7,9-10H,2-6,8H2,1H3/q+1;;/b10-8+;4-3+;. The van der Waals surface area contributed by atoms with Crippen LogP contribution in [0.5, 0.6) is 0 Å². The molecule has 0 unspecified atom stereocenters. The minimum atomic E-state index is 0.560. The zero-order valence-electron chi connectivity index (χ0n) is 28.6. The van der Waals surface area contributed by atoms with E-state index in [1.54, 1.807) is 0 Å². The Balaban J connectivity index is 0.000000270. The highest BCUT2D eigenvalue weighted by atomic mass is 35.5. The van der Waals surface area contributed by atoms with Crippen LogP contribution in [0.2, 0.25) is 10.0 Å². The second kappa shape index (κ2) is 27.2. The van der Waals surface area contributed by atoms with Crippen LogP contribution in [-0.4, -0.2) is 20.0 Å². The maximum Gasteiger partial charge on any atom is 0.244 e. The van der Waals surface area contributed by atoms with Crippen LogP contribution in [0.1, 0.15) is 89.2 Å². The molecule has 4 aromatic rings. The number of hydrogen-bond donors (Lipinski definition) is 0. The van der Waals surface area contributed by atoms with Crippen molar-refractivity contribution < 1.29 is 4.57 Å². The van der Waals surface area contributed by atoms with Gasteiger partial charge < -0.3 is 4.57 Å². The van der Waals surface area contributed by atoms with Crippen molar-refractivity contribution in [1.29, 1.82) is 0 Å². The molecule has 0 N–H and O–H groups in total. The third kappa shape index (κ3) is 19.6. The summed E-state index contributed by atoms with van der Waals surface area (Å²) in [6, 6.07) is 15.8. The van der Waals surface area contributed by atoms with Gasteiger partial charge in [0.2, 0.25) is 6.33 Å². The number of aryl methyl sites for hydroxylation is 2. The average Bonchev–Trinajstić information content (AvgIpc) is 3.78. The number of aromatic nitrogens is 4. The van der Waals surface area contributed by atoms with E-state index in [1.165, 1.54) is 69.8 Å². The molecule has 0 spiro atoms. The van der Waals surface area contributed by atoms with E-state index in [0.717, 1.165) is 48.1 Å². The first kappa shape index (κ1) is 40.4. The summed E-state index contributed by atoms with van der Waals surface area (Å²) in [6.07, 6.45) is 35.7. The van der Waals surface area contributed by atoms with Crippen molar-refractivity contribution in [3.8, 4) is 0 Å². The molecule has 0 aliphatic heterocycles. The number of nitrogens with zero attached hydrogens (tertiary/aromatic N) is 4. The monoisotopic (exact) mass is 697 g/mol. The van der Waals surface area contributed by atoms with E-state index in [9.17, 15) is 0 Å². The minimum absolute atomic E-state index is 0.560. The van der Waals surface area contributed by atoms with Crippen molar-refractivity contribution >= 4 is 34.8 Å². The third-order valence-corrected chi connectivity index (χ3v) is 8.59. The molecule has 0 saturated carbocycles. The first-order valence-electron chi connectivity index (χ1n) is 17.4. The summed E-state index contributed by atoms with van der Waals surface area (Å²) in [7, 11) is 0. The van der Waals surface area contributed by atoms with E-state index in [2.05, 4.69) is 69.5 Å². The second-order valence-electron chi connectivity index (χ2n) is 11.7. The Hall–Kier alpha value is -2.79. The van der Waals surface area contributed by atoms with Crippen molar-refractivity contribution in [3.05, 3.63) is 131 Å². The minimum Gasteiger partial charge on any atom is -0.337 e. The molecule has 256 valence electrons. The van der Waals surface area contributed by atoms with Gasteiger partial charge in [-0.05, 0) is 61.4 Å². The third-order valence-electron chi connectivity index (χ3n) is 7.68. The Morgan fingerprint density at radius 2 is 1.21 bits per heavy atom. The van der Waals surface area contributed by atoms with E-state index in [1.807, 2.05) is 73.3 Å². The lowest BCUT2D eigenvalue weighted by atomic mass is 10.1. The smallest absolute Gasteiger partial charge is 0.244 e. The Morgan fingerprint density at radius 3 is 1.74 bits per heavy atom. The van der Waals surface area contributed by atoms with Gasteiger partial charge in [0.05, 0.1) is 12.9 Å². The van der Waals surface area contributed by atoms with Crippen LogP contribution in [-0.2, 0) is 32.5 Å². The summed E-state index contributed by atoms with van der Waals surface area (Å²) >= 11 is 17.6. The highest BCUT2D eigenvalue weighted by molar-refractivity contribution is 6.31. The first-order valence-corrected chi connectivity index (χ1v) is 18.7. The van der Waals surface area contributed by atoms with E-state index < -0.39 is 0 Å². The molecule has 0 fully saturated rings. The van der Waals surface area contributed by atoms with Crippen LogP contribution in [0.3, 0.4) is 0 Å². The zero-order valence-corrected chi connectivity index (χ0v) is 30.9. The number of rotatable bonds is 19. The summed E-state index contributed by atoms with van der Waals surface area (Å²) < 4.78 is 6.65. The number of imidazole rings is 2. The molecule has 4 rings (SSSR count). The zero-order chi connectivity index (χ0) is 33.8. The van der Waals surface area contributed by atoms with Crippen LogP contribution in [0.4, 0.5) is 0 Å². The van der Waals surface area contributed by atoms with Crippen molar-refractivity contribution in [3.63, 3.8) is 0 Å². The van der Waals surface area contributed by atoms with Crippen LogP contribution in [0.15, 0.2) is 110 Å². The lowest BCUT2D eigenvalue weighted by Crippen LogP contribution is -2.29. The summed E-state index contributed by atoms with van der Waals surface area (Å²) in [5.41, 5.74) is 2.32. The number of alkyl halides is 1. The Labute approximate surface area is 300 Å². The lowest BCUT2D eigenvalue weighted by molar-refractivity contribution is -0.686. The van der Waals surface area contributed by atoms with Crippen molar-refractivity contribution in [2.45, 2.75) is 111 Å². The van der Waals surface area contributed by atoms with E-state index in [-0.39, 0.29) is 0 Å². The highest BCUT2D eigenvalue weighted by Gasteiger charge is 2.02. The van der Waals surface area contributed by atoms with Gasteiger partial charge in [0.15, 0.2) is 0 Å². The van der Waals surface area contributed by atoms with Gasteiger partial charge in [-0.15, -0.1) is 11.6 Å². The van der Waals surface area contributed by atoms with Gasteiger partial charge in [-0.3, -0.25) is 0 Å². The molecule has 2 aromatic heterocycles. The van der Waals surface area contributed by atoms with Gasteiger partial charge in [-0.25, -0.2) is 14.1 Å². The van der Waals surface area contributed by atoms with E-state index in [4.69, 9.17) is 34.8 Å². The number of hydrogen-bond acceptors (Lipinski definition) is 1. The number of benzene rings is 2. The maximum absolute atomic E-state index is 6.16. The predicted molar refractivity (Wildman–Crippen MR) is 204 cm³/mol. The molecule has 4 nitrogen and oxygen atoms in total. The van der Waals surface area contributed by atoms with Gasteiger partial charge >= 0.3 is 0 Å². The molecule has 0 aliphatic rings. The molecule has 0 bridgehead atoms. The molecule has 0 atom stereocenters. The summed E-state index contributed by atoms with van der Waals surface area (Å²) in [4.78, 5) is 4.00. The van der Waals surface area contributed by atoms with Gasteiger partial charge in [0.25, 0.3) is 0 Å².